The third-order valence-electron chi connectivity index (χ3n) is 4.34. The maximum Gasteiger partial charge on any atom is 0.193 e. The van der Waals surface area contributed by atoms with Gasteiger partial charge in [0.2, 0.25) is 0 Å². The Balaban J connectivity index is 0.00000392. The number of guanidine groups is 1. The zero-order valence-electron chi connectivity index (χ0n) is 16.9. The first-order valence-corrected chi connectivity index (χ1v) is 8.94. The second kappa shape index (κ2) is 12.4. The SMILES string of the molecule is CN=C(NCCc1cccc(F)c1)N(C)CCc1ccc(OC)c(OC)c1.I. The smallest absolute Gasteiger partial charge is 0.193 e. The molecule has 0 amide bonds. The zero-order valence-corrected chi connectivity index (χ0v) is 19.2. The van der Waals surface area contributed by atoms with Gasteiger partial charge in [-0.25, -0.2) is 4.39 Å². The second-order valence-electron chi connectivity index (χ2n) is 6.21. The van der Waals surface area contributed by atoms with E-state index in [1.807, 2.05) is 31.3 Å². The maximum absolute atomic E-state index is 13.2. The van der Waals surface area contributed by atoms with Crippen molar-refractivity contribution in [1.29, 1.82) is 0 Å². The molecule has 0 spiro atoms. The number of benzene rings is 2. The lowest BCUT2D eigenvalue weighted by Crippen LogP contribution is -2.40. The summed E-state index contributed by atoms with van der Waals surface area (Å²) in [6, 6.07) is 12.6. The molecular weight excluding hydrogens is 472 g/mol. The Kier molecular flexibility index (Phi) is 10.7. The molecule has 0 heterocycles. The largest absolute Gasteiger partial charge is 0.493 e. The Morgan fingerprint density at radius 1 is 1.04 bits per heavy atom. The molecule has 0 saturated carbocycles. The fourth-order valence-electron chi connectivity index (χ4n) is 2.83. The highest BCUT2D eigenvalue weighted by atomic mass is 127. The number of aliphatic imine (C=N–C) groups is 1. The van der Waals surface area contributed by atoms with Gasteiger partial charge < -0.3 is 19.7 Å². The van der Waals surface area contributed by atoms with E-state index in [1.165, 1.54) is 6.07 Å². The van der Waals surface area contributed by atoms with Gasteiger partial charge in [0.15, 0.2) is 17.5 Å². The van der Waals surface area contributed by atoms with Crippen molar-refractivity contribution in [2.45, 2.75) is 12.8 Å². The van der Waals surface area contributed by atoms with Gasteiger partial charge in [-0.3, -0.25) is 4.99 Å². The van der Waals surface area contributed by atoms with Crippen molar-refractivity contribution in [2.75, 3.05) is 41.4 Å². The molecule has 2 rings (SSSR count). The third-order valence-corrected chi connectivity index (χ3v) is 4.34. The van der Waals surface area contributed by atoms with E-state index in [1.54, 1.807) is 33.4 Å². The van der Waals surface area contributed by atoms with E-state index in [0.717, 1.165) is 48.0 Å². The molecule has 1 N–H and O–H groups in total. The van der Waals surface area contributed by atoms with Gasteiger partial charge >= 0.3 is 0 Å². The molecule has 5 nitrogen and oxygen atoms in total. The number of likely N-dealkylation sites (N-methyl/N-ethyl adjacent to an activating group) is 1. The van der Waals surface area contributed by atoms with Crippen LogP contribution < -0.4 is 14.8 Å². The Morgan fingerprint density at radius 3 is 2.39 bits per heavy atom. The van der Waals surface area contributed by atoms with Gasteiger partial charge in [-0.1, -0.05) is 18.2 Å². The molecule has 0 radical (unpaired) electrons. The van der Waals surface area contributed by atoms with Crippen LogP contribution in [-0.4, -0.2) is 52.3 Å². The summed E-state index contributed by atoms with van der Waals surface area (Å²) in [6.45, 7) is 1.49. The summed E-state index contributed by atoms with van der Waals surface area (Å²) < 4.78 is 23.9. The van der Waals surface area contributed by atoms with Crippen LogP contribution in [0.2, 0.25) is 0 Å². The quantitative estimate of drug-likeness (QED) is 0.340. The van der Waals surface area contributed by atoms with Crippen molar-refractivity contribution < 1.29 is 13.9 Å². The molecule has 154 valence electrons. The first-order valence-electron chi connectivity index (χ1n) is 8.94. The summed E-state index contributed by atoms with van der Waals surface area (Å²) in [5, 5.41) is 3.32. The van der Waals surface area contributed by atoms with E-state index in [0.29, 0.717) is 6.54 Å². The molecule has 0 aliphatic rings. The van der Waals surface area contributed by atoms with Crippen LogP contribution in [0.4, 0.5) is 4.39 Å². The molecule has 7 heteroatoms. The summed E-state index contributed by atoms with van der Waals surface area (Å²) in [6.07, 6.45) is 1.59. The molecule has 2 aromatic rings. The molecule has 0 aliphatic carbocycles. The van der Waals surface area contributed by atoms with Gasteiger partial charge in [-0.2, -0.15) is 0 Å². The van der Waals surface area contributed by atoms with Crippen molar-refractivity contribution in [2.24, 2.45) is 4.99 Å². The monoisotopic (exact) mass is 501 g/mol. The number of hydrogen-bond acceptors (Lipinski definition) is 3. The number of halogens is 2. The van der Waals surface area contributed by atoms with Crippen LogP contribution >= 0.6 is 24.0 Å². The Bertz CT molecular complexity index is 771. The van der Waals surface area contributed by atoms with Crippen LogP contribution in [0.1, 0.15) is 11.1 Å². The minimum Gasteiger partial charge on any atom is -0.493 e. The third kappa shape index (κ3) is 7.18. The van der Waals surface area contributed by atoms with Crippen LogP contribution in [0.15, 0.2) is 47.5 Å². The summed E-state index contributed by atoms with van der Waals surface area (Å²) in [7, 11) is 7.03. The average molecular weight is 501 g/mol. The van der Waals surface area contributed by atoms with Gasteiger partial charge in [-0.15, -0.1) is 24.0 Å². The summed E-state index contributed by atoms with van der Waals surface area (Å²) in [4.78, 5) is 6.39. The van der Waals surface area contributed by atoms with Crippen LogP contribution in [-0.2, 0) is 12.8 Å². The predicted molar refractivity (Wildman–Crippen MR) is 123 cm³/mol. The van der Waals surface area contributed by atoms with E-state index in [-0.39, 0.29) is 29.8 Å². The molecular formula is C21H29FIN3O2. The molecule has 0 saturated heterocycles. The number of nitrogens with zero attached hydrogens (tertiary/aromatic N) is 2. The number of ether oxygens (including phenoxy) is 2. The van der Waals surface area contributed by atoms with Crippen molar-refractivity contribution in [3.05, 3.63) is 59.4 Å². The zero-order chi connectivity index (χ0) is 19.6. The molecule has 0 bridgehead atoms. The second-order valence-corrected chi connectivity index (χ2v) is 6.21. The number of rotatable bonds is 8. The topological polar surface area (TPSA) is 46.1 Å². The predicted octanol–water partition coefficient (Wildman–Crippen LogP) is 3.75. The van der Waals surface area contributed by atoms with Crippen molar-refractivity contribution in [3.63, 3.8) is 0 Å². The highest BCUT2D eigenvalue weighted by Gasteiger charge is 2.08. The van der Waals surface area contributed by atoms with Crippen molar-refractivity contribution in [3.8, 4) is 11.5 Å². The molecule has 0 aromatic heterocycles. The van der Waals surface area contributed by atoms with Gasteiger partial charge in [0.05, 0.1) is 14.2 Å². The van der Waals surface area contributed by atoms with Gasteiger partial charge in [0.25, 0.3) is 0 Å². The van der Waals surface area contributed by atoms with E-state index in [4.69, 9.17) is 9.47 Å². The Labute approximate surface area is 184 Å². The highest BCUT2D eigenvalue weighted by molar-refractivity contribution is 14.0. The molecule has 0 aliphatic heterocycles. The minimum absolute atomic E-state index is 0. The lowest BCUT2D eigenvalue weighted by molar-refractivity contribution is 0.354. The van der Waals surface area contributed by atoms with Crippen molar-refractivity contribution in [1.82, 2.24) is 10.2 Å². The number of hydrogen-bond donors (Lipinski definition) is 1. The standard InChI is InChI=1S/C21H28FN3O2.HI/c1-23-21(24-12-10-16-6-5-7-18(22)14-16)25(2)13-11-17-8-9-19(26-3)20(15-17)27-4;/h5-9,14-15H,10-13H2,1-4H3,(H,23,24);1H. The van der Waals surface area contributed by atoms with E-state index in [9.17, 15) is 4.39 Å². The summed E-state index contributed by atoms with van der Waals surface area (Å²) in [5.41, 5.74) is 2.13. The maximum atomic E-state index is 13.2. The lowest BCUT2D eigenvalue weighted by Gasteiger charge is -2.22. The molecule has 0 unspecified atom stereocenters. The Hall–Kier alpha value is -2.03. The van der Waals surface area contributed by atoms with Crippen LogP contribution in [0.25, 0.3) is 0 Å². The minimum atomic E-state index is -0.205. The first-order chi connectivity index (χ1) is 13.1. The Morgan fingerprint density at radius 2 is 1.75 bits per heavy atom. The van der Waals surface area contributed by atoms with E-state index < -0.39 is 0 Å². The molecule has 28 heavy (non-hydrogen) atoms. The average Bonchev–Trinajstić information content (AvgIpc) is 2.69. The van der Waals surface area contributed by atoms with Crippen LogP contribution in [0, 0.1) is 5.82 Å². The van der Waals surface area contributed by atoms with E-state index >= 15 is 0 Å². The van der Waals surface area contributed by atoms with E-state index in [2.05, 4.69) is 15.2 Å². The van der Waals surface area contributed by atoms with Crippen LogP contribution in [0.5, 0.6) is 11.5 Å². The highest BCUT2D eigenvalue weighted by Crippen LogP contribution is 2.27. The molecule has 0 fully saturated rings. The first kappa shape index (κ1) is 24.0. The molecule has 0 atom stereocenters. The lowest BCUT2D eigenvalue weighted by atomic mass is 10.1. The number of methoxy groups -OCH3 is 2. The fourth-order valence-corrected chi connectivity index (χ4v) is 2.83. The fraction of sp³-hybridized carbons (Fsp3) is 0.381. The van der Waals surface area contributed by atoms with Crippen LogP contribution in [0.3, 0.4) is 0 Å². The normalized spacial score (nSPS) is 10.8. The van der Waals surface area contributed by atoms with Gasteiger partial charge in [-0.05, 0) is 48.2 Å². The summed E-state index contributed by atoms with van der Waals surface area (Å²) in [5.74, 6) is 2.07. The summed E-state index contributed by atoms with van der Waals surface area (Å²) >= 11 is 0. The van der Waals surface area contributed by atoms with Gasteiger partial charge in [0.1, 0.15) is 5.82 Å². The molecule has 2 aromatic carbocycles. The van der Waals surface area contributed by atoms with Crippen molar-refractivity contribution >= 4 is 29.9 Å². The van der Waals surface area contributed by atoms with Gasteiger partial charge in [0, 0.05) is 27.2 Å². The number of nitrogens with one attached hydrogen (secondary N) is 1.